The molecular formula is C9H11N3. The van der Waals surface area contributed by atoms with Gasteiger partial charge in [-0.2, -0.15) is 10.4 Å². The molecule has 0 amide bonds. The maximum atomic E-state index is 8.76. The van der Waals surface area contributed by atoms with Gasteiger partial charge in [-0.15, -0.1) is 0 Å². The third kappa shape index (κ3) is 1.10. The Labute approximate surface area is 71.4 Å². The predicted molar refractivity (Wildman–Crippen MR) is 44.5 cm³/mol. The number of aromatic amines is 1. The van der Waals surface area contributed by atoms with Gasteiger partial charge < -0.3 is 0 Å². The normalized spacial score (nSPS) is 17.9. The maximum Gasteiger partial charge on any atom is 0.103 e. The van der Waals surface area contributed by atoms with Crippen molar-refractivity contribution >= 4 is 0 Å². The zero-order valence-electron chi connectivity index (χ0n) is 6.88. The Morgan fingerprint density at radius 2 is 2.25 bits per heavy atom. The average molecular weight is 161 g/mol. The lowest BCUT2D eigenvalue weighted by atomic mass is 10.0. The highest BCUT2D eigenvalue weighted by Crippen LogP contribution is 2.34. The summed E-state index contributed by atoms with van der Waals surface area (Å²) in [6.07, 6.45) is 6.60. The summed E-state index contributed by atoms with van der Waals surface area (Å²) in [5.41, 5.74) is 1.77. The lowest BCUT2D eigenvalue weighted by Gasteiger charge is -2.04. The Morgan fingerprint density at radius 1 is 1.50 bits per heavy atom. The minimum Gasteiger partial charge on any atom is -0.281 e. The molecule has 0 bridgehead atoms. The second kappa shape index (κ2) is 2.98. The van der Waals surface area contributed by atoms with Crippen LogP contribution in [-0.2, 0) is 0 Å². The van der Waals surface area contributed by atoms with Gasteiger partial charge in [-0.1, -0.05) is 12.8 Å². The summed E-state index contributed by atoms with van der Waals surface area (Å²) in [7, 11) is 0. The molecule has 3 nitrogen and oxygen atoms in total. The van der Waals surface area contributed by atoms with E-state index in [0.717, 1.165) is 11.3 Å². The predicted octanol–water partition coefficient (Wildman–Crippen LogP) is 1.94. The summed E-state index contributed by atoms with van der Waals surface area (Å²) in [5.74, 6) is 0.558. The van der Waals surface area contributed by atoms with Crippen LogP contribution in [0.5, 0.6) is 0 Å². The number of H-pyrrole nitrogens is 1. The molecule has 0 unspecified atom stereocenters. The number of nitrogens with one attached hydrogen (secondary N) is 1. The van der Waals surface area contributed by atoms with Crippen molar-refractivity contribution in [2.24, 2.45) is 0 Å². The molecule has 0 aromatic carbocycles. The van der Waals surface area contributed by atoms with E-state index in [-0.39, 0.29) is 0 Å². The molecule has 1 aromatic rings. The minimum absolute atomic E-state index is 0.558. The van der Waals surface area contributed by atoms with Gasteiger partial charge in [0.25, 0.3) is 0 Å². The minimum atomic E-state index is 0.558. The van der Waals surface area contributed by atoms with Gasteiger partial charge in [0.1, 0.15) is 6.07 Å². The first-order chi connectivity index (χ1) is 5.92. The van der Waals surface area contributed by atoms with Crippen molar-refractivity contribution in [2.45, 2.75) is 31.6 Å². The van der Waals surface area contributed by atoms with Crippen LogP contribution in [-0.4, -0.2) is 10.2 Å². The fraction of sp³-hybridized carbons (Fsp3) is 0.556. The van der Waals surface area contributed by atoms with Crippen LogP contribution in [0.15, 0.2) is 6.20 Å². The van der Waals surface area contributed by atoms with Gasteiger partial charge in [0.15, 0.2) is 0 Å². The molecule has 0 radical (unpaired) electrons. The zero-order valence-corrected chi connectivity index (χ0v) is 6.88. The number of hydrogen-bond acceptors (Lipinski definition) is 2. The topological polar surface area (TPSA) is 52.5 Å². The molecule has 1 aromatic heterocycles. The molecule has 1 aliphatic rings. The van der Waals surface area contributed by atoms with Crippen LogP contribution in [0.25, 0.3) is 0 Å². The molecule has 0 spiro atoms. The van der Waals surface area contributed by atoms with E-state index in [4.69, 9.17) is 5.26 Å². The van der Waals surface area contributed by atoms with Gasteiger partial charge in [-0.05, 0) is 12.8 Å². The molecule has 1 aliphatic carbocycles. The highest BCUT2D eigenvalue weighted by Gasteiger charge is 2.21. The Morgan fingerprint density at radius 3 is 2.92 bits per heavy atom. The van der Waals surface area contributed by atoms with Crippen LogP contribution in [0.1, 0.15) is 42.9 Å². The highest BCUT2D eigenvalue weighted by atomic mass is 15.1. The third-order valence-electron chi connectivity index (χ3n) is 2.55. The first kappa shape index (κ1) is 7.35. The van der Waals surface area contributed by atoms with Crippen molar-refractivity contribution in [3.63, 3.8) is 0 Å². The Kier molecular flexibility index (Phi) is 1.83. The van der Waals surface area contributed by atoms with Crippen LogP contribution in [0.3, 0.4) is 0 Å². The van der Waals surface area contributed by atoms with Crippen molar-refractivity contribution in [3.8, 4) is 6.07 Å². The molecule has 3 heteroatoms. The molecule has 2 rings (SSSR count). The zero-order chi connectivity index (χ0) is 8.39. The fourth-order valence-corrected chi connectivity index (χ4v) is 1.91. The average Bonchev–Trinajstić information content (AvgIpc) is 2.74. The lowest BCUT2D eigenvalue weighted by Crippen LogP contribution is -1.95. The molecule has 1 N–H and O–H groups in total. The van der Waals surface area contributed by atoms with Crippen LogP contribution >= 0.6 is 0 Å². The number of nitrogens with zero attached hydrogens (tertiary/aromatic N) is 2. The summed E-state index contributed by atoms with van der Waals surface area (Å²) >= 11 is 0. The molecular weight excluding hydrogens is 150 g/mol. The van der Waals surface area contributed by atoms with E-state index in [2.05, 4.69) is 16.3 Å². The first-order valence-electron chi connectivity index (χ1n) is 4.35. The van der Waals surface area contributed by atoms with Crippen LogP contribution in [0.4, 0.5) is 0 Å². The van der Waals surface area contributed by atoms with E-state index in [1.54, 1.807) is 6.20 Å². The van der Waals surface area contributed by atoms with Crippen molar-refractivity contribution in [2.75, 3.05) is 0 Å². The molecule has 0 aliphatic heterocycles. The number of hydrogen-bond donors (Lipinski definition) is 1. The van der Waals surface area contributed by atoms with Crippen LogP contribution in [0.2, 0.25) is 0 Å². The van der Waals surface area contributed by atoms with Crippen LogP contribution in [0, 0.1) is 11.3 Å². The van der Waals surface area contributed by atoms with Crippen molar-refractivity contribution in [3.05, 3.63) is 17.5 Å². The quantitative estimate of drug-likeness (QED) is 0.684. The SMILES string of the molecule is N#Cc1cn[nH]c1C1CCCC1. The lowest BCUT2D eigenvalue weighted by molar-refractivity contribution is 0.691. The van der Waals surface area contributed by atoms with E-state index in [9.17, 15) is 0 Å². The van der Waals surface area contributed by atoms with E-state index in [0.29, 0.717) is 5.92 Å². The second-order valence-corrected chi connectivity index (χ2v) is 3.29. The highest BCUT2D eigenvalue weighted by molar-refractivity contribution is 5.33. The first-order valence-corrected chi connectivity index (χ1v) is 4.35. The maximum absolute atomic E-state index is 8.76. The van der Waals surface area contributed by atoms with Gasteiger partial charge >= 0.3 is 0 Å². The summed E-state index contributed by atoms with van der Waals surface area (Å²) in [4.78, 5) is 0. The smallest absolute Gasteiger partial charge is 0.103 e. The summed E-state index contributed by atoms with van der Waals surface area (Å²) < 4.78 is 0. The molecule has 1 saturated carbocycles. The van der Waals surface area contributed by atoms with Crippen molar-refractivity contribution in [1.82, 2.24) is 10.2 Å². The monoisotopic (exact) mass is 161 g/mol. The number of rotatable bonds is 1. The standard InChI is InChI=1S/C9H11N3/c10-5-8-6-11-12-9(8)7-3-1-2-4-7/h6-7H,1-4H2,(H,11,12). The van der Waals surface area contributed by atoms with E-state index >= 15 is 0 Å². The van der Waals surface area contributed by atoms with Crippen molar-refractivity contribution < 1.29 is 0 Å². The summed E-state index contributed by atoms with van der Waals surface area (Å²) in [5, 5.41) is 15.6. The van der Waals surface area contributed by atoms with Gasteiger partial charge in [-0.3, -0.25) is 5.10 Å². The Bertz CT molecular complexity index is 302. The molecule has 0 saturated heterocycles. The molecule has 0 atom stereocenters. The van der Waals surface area contributed by atoms with Crippen molar-refractivity contribution in [1.29, 1.82) is 5.26 Å². The summed E-state index contributed by atoms with van der Waals surface area (Å²) in [6, 6.07) is 2.16. The van der Waals surface area contributed by atoms with Gasteiger partial charge in [0.05, 0.1) is 17.5 Å². The van der Waals surface area contributed by atoms with Crippen LogP contribution < -0.4 is 0 Å². The Hall–Kier alpha value is -1.30. The molecule has 62 valence electrons. The molecule has 1 heterocycles. The van der Waals surface area contributed by atoms with Gasteiger partial charge in [0.2, 0.25) is 0 Å². The summed E-state index contributed by atoms with van der Waals surface area (Å²) in [6.45, 7) is 0. The fourth-order valence-electron chi connectivity index (χ4n) is 1.91. The Balaban J connectivity index is 2.27. The van der Waals surface area contributed by atoms with Gasteiger partial charge in [0, 0.05) is 5.92 Å². The largest absolute Gasteiger partial charge is 0.281 e. The van der Waals surface area contributed by atoms with E-state index in [1.807, 2.05) is 0 Å². The third-order valence-corrected chi connectivity index (χ3v) is 2.55. The molecule has 1 fully saturated rings. The molecule has 12 heavy (non-hydrogen) atoms. The van der Waals surface area contributed by atoms with E-state index < -0.39 is 0 Å². The van der Waals surface area contributed by atoms with E-state index in [1.165, 1.54) is 25.7 Å². The number of nitriles is 1. The van der Waals surface area contributed by atoms with Gasteiger partial charge in [-0.25, -0.2) is 0 Å². The second-order valence-electron chi connectivity index (χ2n) is 3.29. The number of aromatic nitrogens is 2.